The third-order valence-corrected chi connectivity index (χ3v) is 6.09. The average molecular weight is 614 g/mol. The van der Waals surface area contributed by atoms with Gasteiger partial charge in [-0.05, 0) is 57.6 Å². The maximum Gasteiger partial charge on any atom is 0.408 e. The number of amides is 3. The van der Waals surface area contributed by atoms with Gasteiger partial charge in [0.1, 0.15) is 30.9 Å². The van der Waals surface area contributed by atoms with Crippen molar-refractivity contribution in [2.24, 2.45) is 0 Å². The Morgan fingerprint density at radius 3 is 1.89 bits per heavy atom. The molecule has 0 aliphatic rings. The van der Waals surface area contributed by atoms with E-state index in [0.717, 1.165) is 11.1 Å². The summed E-state index contributed by atoms with van der Waals surface area (Å²) in [4.78, 5) is 62.5. The molecular formula is C32H43N3O9. The highest BCUT2D eigenvalue weighted by Gasteiger charge is 2.29. The third-order valence-electron chi connectivity index (χ3n) is 6.09. The molecule has 0 fully saturated rings. The van der Waals surface area contributed by atoms with Crippen molar-refractivity contribution in [2.75, 3.05) is 13.7 Å². The number of carbonyl (C=O) groups is 5. The van der Waals surface area contributed by atoms with Crippen molar-refractivity contribution in [1.29, 1.82) is 0 Å². The highest BCUT2D eigenvalue weighted by Crippen LogP contribution is 2.11. The van der Waals surface area contributed by atoms with Gasteiger partial charge in [-0.25, -0.2) is 14.4 Å². The average Bonchev–Trinajstić information content (AvgIpc) is 2.99. The molecule has 0 aromatic heterocycles. The van der Waals surface area contributed by atoms with Gasteiger partial charge in [-0.3, -0.25) is 9.59 Å². The second-order valence-corrected chi connectivity index (χ2v) is 11.0. The Balaban J connectivity index is 1.88. The first-order valence-corrected chi connectivity index (χ1v) is 14.5. The van der Waals surface area contributed by atoms with E-state index in [4.69, 9.17) is 18.9 Å². The molecule has 0 heterocycles. The number of methoxy groups -OCH3 is 1. The molecule has 3 N–H and O–H groups in total. The van der Waals surface area contributed by atoms with Gasteiger partial charge in [0.25, 0.3) is 0 Å². The standard InChI is InChI=1S/C32H43N3O9/c1-32(2,3)44-31(40)35-25(18-19-27(36)42-21-23-13-7-5-8-14-23)28(37)34-26(29(38)41-4)17-11-12-20-33-30(39)43-22-24-15-9-6-10-16-24/h5-10,13-16,25-26H,11-12,17-22H2,1-4H3,(H,33,39)(H,34,37)(H,35,40)/t25-,26+/m0/s1. The molecule has 0 saturated heterocycles. The summed E-state index contributed by atoms with van der Waals surface area (Å²) in [7, 11) is 1.20. The van der Waals surface area contributed by atoms with Gasteiger partial charge in [-0.15, -0.1) is 0 Å². The lowest BCUT2D eigenvalue weighted by Gasteiger charge is -2.24. The quantitative estimate of drug-likeness (QED) is 0.144. The van der Waals surface area contributed by atoms with Gasteiger partial charge in [0.2, 0.25) is 5.91 Å². The van der Waals surface area contributed by atoms with Gasteiger partial charge in [0.15, 0.2) is 0 Å². The summed E-state index contributed by atoms with van der Waals surface area (Å²) in [6.45, 7) is 5.53. The van der Waals surface area contributed by atoms with Crippen LogP contribution < -0.4 is 16.0 Å². The Morgan fingerprint density at radius 2 is 1.32 bits per heavy atom. The highest BCUT2D eigenvalue weighted by atomic mass is 16.6. The molecule has 12 nitrogen and oxygen atoms in total. The zero-order chi connectivity index (χ0) is 32.4. The lowest BCUT2D eigenvalue weighted by Crippen LogP contribution is -2.52. The molecule has 0 spiro atoms. The molecule has 3 amide bonds. The monoisotopic (exact) mass is 613 g/mol. The van der Waals surface area contributed by atoms with Gasteiger partial charge in [-0.1, -0.05) is 60.7 Å². The summed E-state index contributed by atoms with van der Waals surface area (Å²) in [5.74, 6) is -1.92. The van der Waals surface area contributed by atoms with Gasteiger partial charge in [0.05, 0.1) is 7.11 Å². The van der Waals surface area contributed by atoms with Crippen LogP contribution in [-0.2, 0) is 46.5 Å². The summed E-state index contributed by atoms with van der Waals surface area (Å²) in [5.41, 5.74) is 0.848. The van der Waals surface area contributed by atoms with E-state index in [1.807, 2.05) is 60.7 Å². The van der Waals surface area contributed by atoms with Crippen molar-refractivity contribution < 1.29 is 42.9 Å². The first kappa shape index (κ1) is 35.6. The van der Waals surface area contributed by atoms with Crippen LogP contribution in [0.1, 0.15) is 64.0 Å². The maximum atomic E-state index is 13.2. The number of hydrogen-bond donors (Lipinski definition) is 3. The highest BCUT2D eigenvalue weighted by molar-refractivity contribution is 5.90. The number of unbranched alkanes of at least 4 members (excludes halogenated alkanes) is 1. The number of nitrogens with one attached hydrogen (secondary N) is 3. The molecule has 240 valence electrons. The van der Waals surface area contributed by atoms with E-state index >= 15 is 0 Å². The largest absolute Gasteiger partial charge is 0.467 e. The summed E-state index contributed by atoms with van der Waals surface area (Å²) in [6.07, 6.45) is -0.527. The van der Waals surface area contributed by atoms with E-state index in [0.29, 0.717) is 19.4 Å². The molecule has 12 heteroatoms. The molecule has 2 aromatic carbocycles. The summed E-state index contributed by atoms with van der Waals surface area (Å²) < 4.78 is 20.6. The minimum atomic E-state index is -1.19. The fourth-order valence-electron chi connectivity index (χ4n) is 3.89. The van der Waals surface area contributed by atoms with Crippen molar-refractivity contribution in [3.05, 3.63) is 71.8 Å². The first-order valence-electron chi connectivity index (χ1n) is 14.5. The predicted octanol–water partition coefficient (Wildman–Crippen LogP) is 4.16. The zero-order valence-electron chi connectivity index (χ0n) is 25.8. The lowest BCUT2D eigenvalue weighted by atomic mass is 10.1. The van der Waals surface area contributed by atoms with Gasteiger partial charge >= 0.3 is 24.1 Å². The van der Waals surface area contributed by atoms with E-state index in [1.165, 1.54) is 7.11 Å². The normalized spacial score (nSPS) is 12.2. The molecule has 44 heavy (non-hydrogen) atoms. The molecule has 0 radical (unpaired) electrons. The minimum absolute atomic E-state index is 0.0695. The molecular weight excluding hydrogens is 570 g/mol. The number of hydrogen-bond acceptors (Lipinski definition) is 9. The van der Waals surface area contributed by atoms with Crippen LogP contribution in [0.4, 0.5) is 9.59 Å². The van der Waals surface area contributed by atoms with Crippen molar-refractivity contribution in [3.63, 3.8) is 0 Å². The van der Waals surface area contributed by atoms with Crippen molar-refractivity contribution >= 4 is 30.0 Å². The van der Waals surface area contributed by atoms with Crippen LogP contribution in [0.2, 0.25) is 0 Å². The van der Waals surface area contributed by atoms with Crippen LogP contribution in [0, 0.1) is 0 Å². The fourth-order valence-corrected chi connectivity index (χ4v) is 3.89. The second kappa shape index (κ2) is 18.8. The molecule has 2 atom stereocenters. The Kier molecular flexibility index (Phi) is 15.2. The molecule has 0 aliphatic carbocycles. The molecule has 0 aliphatic heterocycles. The van der Waals surface area contributed by atoms with Crippen LogP contribution in [0.3, 0.4) is 0 Å². The Labute approximate surface area is 258 Å². The number of ether oxygens (including phenoxy) is 4. The number of rotatable bonds is 16. The number of carbonyl (C=O) groups excluding carboxylic acids is 5. The Bertz CT molecular complexity index is 1200. The second-order valence-electron chi connectivity index (χ2n) is 11.0. The maximum absolute atomic E-state index is 13.2. The number of esters is 2. The molecule has 0 unspecified atom stereocenters. The van der Waals surface area contributed by atoms with E-state index in [2.05, 4.69) is 16.0 Å². The van der Waals surface area contributed by atoms with Crippen LogP contribution in [0.25, 0.3) is 0 Å². The van der Waals surface area contributed by atoms with Crippen molar-refractivity contribution in [2.45, 2.75) is 83.8 Å². The van der Waals surface area contributed by atoms with Crippen LogP contribution >= 0.6 is 0 Å². The van der Waals surface area contributed by atoms with Crippen LogP contribution in [0.5, 0.6) is 0 Å². The molecule has 2 rings (SSSR count). The minimum Gasteiger partial charge on any atom is -0.467 e. The van der Waals surface area contributed by atoms with Gasteiger partial charge in [-0.2, -0.15) is 0 Å². The van der Waals surface area contributed by atoms with Gasteiger partial charge in [0, 0.05) is 13.0 Å². The Morgan fingerprint density at radius 1 is 0.727 bits per heavy atom. The first-order chi connectivity index (χ1) is 21.0. The van der Waals surface area contributed by atoms with Crippen LogP contribution in [0.15, 0.2) is 60.7 Å². The predicted molar refractivity (Wildman–Crippen MR) is 161 cm³/mol. The van der Waals surface area contributed by atoms with E-state index in [9.17, 15) is 24.0 Å². The van der Waals surface area contributed by atoms with E-state index in [-0.39, 0.29) is 32.5 Å². The summed E-state index contributed by atoms with van der Waals surface area (Å²) in [5, 5.41) is 7.74. The summed E-state index contributed by atoms with van der Waals surface area (Å²) >= 11 is 0. The zero-order valence-corrected chi connectivity index (χ0v) is 25.8. The Hall–Kier alpha value is -4.61. The van der Waals surface area contributed by atoms with E-state index in [1.54, 1.807) is 20.8 Å². The van der Waals surface area contributed by atoms with Gasteiger partial charge < -0.3 is 34.9 Å². The lowest BCUT2D eigenvalue weighted by molar-refractivity contribution is -0.147. The smallest absolute Gasteiger partial charge is 0.408 e. The van der Waals surface area contributed by atoms with Crippen molar-refractivity contribution in [3.8, 4) is 0 Å². The fraction of sp³-hybridized carbons (Fsp3) is 0.469. The summed E-state index contributed by atoms with van der Waals surface area (Å²) in [6, 6.07) is 16.2. The van der Waals surface area contributed by atoms with Crippen molar-refractivity contribution in [1.82, 2.24) is 16.0 Å². The number of benzene rings is 2. The third kappa shape index (κ3) is 15.0. The molecule has 0 saturated carbocycles. The molecule has 0 bridgehead atoms. The van der Waals surface area contributed by atoms with Crippen LogP contribution in [-0.4, -0.2) is 61.4 Å². The topological polar surface area (TPSA) is 158 Å². The molecule has 2 aromatic rings. The SMILES string of the molecule is COC(=O)[C@@H](CCCCNC(=O)OCc1ccccc1)NC(=O)[C@H](CCC(=O)OCc1ccccc1)NC(=O)OC(C)(C)C. The number of alkyl carbamates (subject to hydrolysis) is 2. The van der Waals surface area contributed by atoms with E-state index < -0.39 is 47.7 Å².